The Hall–Kier alpha value is -1.55. The summed E-state index contributed by atoms with van der Waals surface area (Å²) in [6.45, 7) is 4.36. The molecule has 1 aliphatic heterocycles. The van der Waals surface area contributed by atoms with E-state index in [2.05, 4.69) is 5.32 Å². The van der Waals surface area contributed by atoms with Crippen molar-refractivity contribution in [2.24, 2.45) is 0 Å². The maximum absolute atomic E-state index is 11.6. The van der Waals surface area contributed by atoms with Gasteiger partial charge in [-0.3, -0.25) is 0 Å². The molecule has 16 heavy (non-hydrogen) atoms. The van der Waals surface area contributed by atoms with Crippen molar-refractivity contribution in [3.8, 4) is 0 Å². The van der Waals surface area contributed by atoms with Crippen LogP contribution in [-0.4, -0.2) is 30.6 Å². The van der Waals surface area contributed by atoms with Gasteiger partial charge in [0, 0.05) is 19.6 Å². The standard InChI is InChI=1S/C12H15N2O2/c15-12(14-8-6-13-7-9-14)16-10-11-4-2-1-3-5-11/h1-5,8,13H,6-7,9-10H2. The fourth-order valence-electron chi connectivity index (χ4n) is 1.54. The molecule has 1 saturated heterocycles. The lowest BCUT2D eigenvalue weighted by Gasteiger charge is -2.25. The predicted octanol–water partition coefficient (Wildman–Crippen LogP) is 1.39. The molecule has 1 heterocycles. The van der Waals surface area contributed by atoms with Gasteiger partial charge < -0.3 is 15.0 Å². The van der Waals surface area contributed by atoms with Crippen LogP contribution in [0.5, 0.6) is 0 Å². The van der Waals surface area contributed by atoms with Crippen molar-refractivity contribution in [2.45, 2.75) is 6.61 Å². The van der Waals surface area contributed by atoms with Crippen LogP contribution < -0.4 is 5.32 Å². The number of benzene rings is 1. The Morgan fingerprint density at radius 1 is 1.38 bits per heavy atom. The number of nitrogens with one attached hydrogen (secondary N) is 1. The summed E-state index contributed by atoms with van der Waals surface area (Å²) in [6.07, 6.45) is -0.273. The first kappa shape index (κ1) is 11.0. The Labute approximate surface area is 95.2 Å². The largest absolute Gasteiger partial charge is 0.445 e. The van der Waals surface area contributed by atoms with Crippen LogP contribution in [0.3, 0.4) is 0 Å². The van der Waals surface area contributed by atoms with Crippen molar-refractivity contribution >= 4 is 6.09 Å². The fraction of sp³-hybridized carbons (Fsp3) is 0.333. The highest BCUT2D eigenvalue weighted by atomic mass is 16.6. The highest BCUT2D eigenvalue weighted by Crippen LogP contribution is 2.05. The number of rotatable bonds is 2. The topological polar surface area (TPSA) is 41.6 Å². The molecule has 0 aliphatic carbocycles. The van der Waals surface area contributed by atoms with Gasteiger partial charge in [-0.15, -0.1) is 0 Å². The quantitative estimate of drug-likeness (QED) is 0.817. The van der Waals surface area contributed by atoms with Crippen molar-refractivity contribution in [3.63, 3.8) is 0 Å². The van der Waals surface area contributed by atoms with Gasteiger partial charge in [0.15, 0.2) is 0 Å². The number of carbonyl (C=O) groups excluding carboxylic acids is 1. The van der Waals surface area contributed by atoms with Crippen LogP contribution >= 0.6 is 0 Å². The van der Waals surface area contributed by atoms with E-state index in [4.69, 9.17) is 4.74 Å². The first-order valence-corrected chi connectivity index (χ1v) is 5.37. The van der Waals surface area contributed by atoms with Gasteiger partial charge in [0.2, 0.25) is 0 Å². The molecular formula is C12H15N2O2. The summed E-state index contributed by atoms with van der Waals surface area (Å²) < 4.78 is 5.20. The first-order valence-electron chi connectivity index (χ1n) is 5.37. The number of hydrogen-bond acceptors (Lipinski definition) is 3. The van der Waals surface area contributed by atoms with Crippen molar-refractivity contribution in [3.05, 3.63) is 42.4 Å². The van der Waals surface area contributed by atoms with Crippen LogP contribution in [0.4, 0.5) is 4.79 Å². The van der Waals surface area contributed by atoms with E-state index in [1.54, 1.807) is 4.90 Å². The van der Waals surface area contributed by atoms with Crippen molar-refractivity contribution in [2.75, 3.05) is 19.6 Å². The Kier molecular flexibility index (Phi) is 3.77. The molecule has 1 aromatic carbocycles. The summed E-state index contributed by atoms with van der Waals surface area (Å²) >= 11 is 0. The molecule has 1 radical (unpaired) electrons. The number of hydrogen-bond donors (Lipinski definition) is 1. The number of amides is 1. The van der Waals surface area contributed by atoms with E-state index in [0.717, 1.165) is 18.7 Å². The molecule has 85 valence electrons. The third kappa shape index (κ3) is 2.97. The van der Waals surface area contributed by atoms with Crippen LogP contribution in [0.25, 0.3) is 0 Å². The van der Waals surface area contributed by atoms with Gasteiger partial charge >= 0.3 is 6.09 Å². The minimum absolute atomic E-state index is 0.273. The molecular weight excluding hydrogens is 204 g/mol. The lowest BCUT2D eigenvalue weighted by molar-refractivity contribution is 0.102. The van der Waals surface area contributed by atoms with Crippen molar-refractivity contribution in [1.29, 1.82) is 0 Å². The summed E-state index contributed by atoms with van der Waals surface area (Å²) in [6, 6.07) is 9.68. The van der Waals surface area contributed by atoms with Gasteiger partial charge in [0.1, 0.15) is 6.61 Å². The highest BCUT2D eigenvalue weighted by molar-refractivity contribution is 5.68. The van der Waals surface area contributed by atoms with Gasteiger partial charge in [-0.2, -0.15) is 0 Å². The third-order valence-corrected chi connectivity index (χ3v) is 2.43. The molecule has 0 spiro atoms. The average Bonchev–Trinajstić information content (AvgIpc) is 2.38. The normalized spacial score (nSPS) is 15.9. The number of nitrogens with zero attached hydrogens (tertiary/aromatic N) is 1. The number of piperazine rings is 1. The molecule has 2 rings (SSSR count). The van der Waals surface area contributed by atoms with Crippen LogP contribution in [0.2, 0.25) is 0 Å². The Balaban J connectivity index is 1.79. The molecule has 0 aromatic heterocycles. The molecule has 1 aromatic rings. The fourth-order valence-corrected chi connectivity index (χ4v) is 1.54. The number of ether oxygens (including phenoxy) is 1. The second-order valence-electron chi connectivity index (χ2n) is 3.62. The zero-order chi connectivity index (χ0) is 11.2. The highest BCUT2D eigenvalue weighted by Gasteiger charge is 2.17. The van der Waals surface area contributed by atoms with Crippen LogP contribution in [-0.2, 0) is 11.3 Å². The minimum atomic E-state index is -0.273. The van der Waals surface area contributed by atoms with E-state index in [-0.39, 0.29) is 6.09 Å². The third-order valence-electron chi connectivity index (χ3n) is 2.43. The molecule has 0 atom stereocenters. The molecule has 1 fully saturated rings. The molecule has 1 amide bonds. The first-order chi connectivity index (χ1) is 7.86. The Morgan fingerprint density at radius 2 is 2.19 bits per heavy atom. The molecule has 1 aliphatic rings. The van der Waals surface area contributed by atoms with E-state index in [1.807, 2.05) is 36.9 Å². The molecule has 0 unspecified atom stereocenters. The Morgan fingerprint density at radius 3 is 2.88 bits per heavy atom. The van der Waals surface area contributed by atoms with Gasteiger partial charge in [0.05, 0.1) is 6.54 Å². The van der Waals surface area contributed by atoms with E-state index in [9.17, 15) is 4.79 Å². The molecule has 0 bridgehead atoms. The predicted molar refractivity (Wildman–Crippen MR) is 60.5 cm³/mol. The monoisotopic (exact) mass is 219 g/mol. The molecule has 1 N–H and O–H groups in total. The Bertz CT molecular complexity index is 334. The second kappa shape index (κ2) is 5.51. The van der Waals surface area contributed by atoms with Crippen molar-refractivity contribution < 1.29 is 9.53 Å². The number of carbonyl (C=O) groups is 1. The zero-order valence-electron chi connectivity index (χ0n) is 9.06. The van der Waals surface area contributed by atoms with E-state index >= 15 is 0 Å². The van der Waals surface area contributed by atoms with Gasteiger partial charge in [-0.25, -0.2) is 4.79 Å². The lowest BCUT2D eigenvalue weighted by atomic mass is 10.2. The minimum Gasteiger partial charge on any atom is -0.445 e. The smallest absolute Gasteiger partial charge is 0.410 e. The van der Waals surface area contributed by atoms with Crippen LogP contribution in [0, 0.1) is 6.54 Å². The SMILES string of the molecule is O=C(OCc1ccccc1)N1[CH]CNCC1. The van der Waals surface area contributed by atoms with Gasteiger partial charge in [0.25, 0.3) is 0 Å². The summed E-state index contributed by atoms with van der Waals surface area (Å²) in [5, 5.41) is 3.14. The van der Waals surface area contributed by atoms with E-state index in [0.29, 0.717) is 13.2 Å². The summed E-state index contributed by atoms with van der Waals surface area (Å²) in [7, 11) is 0. The zero-order valence-corrected chi connectivity index (χ0v) is 9.06. The molecule has 0 saturated carbocycles. The van der Waals surface area contributed by atoms with E-state index in [1.165, 1.54) is 0 Å². The molecule has 4 heteroatoms. The second-order valence-corrected chi connectivity index (χ2v) is 3.62. The lowest BCUT2D eigenvalue weighted by Crippen LogP contribution is -2.43. The summed E-state index contributed by atoms with van der Waals surface area (Å²) in [5.41, 5.74) is 1.01. The maximum atomic E-state index is 11.6. The summed E-state index contributed by atoms with van der Waals surface area (Å²) in [4.78, 5) is 13.2. The molecule has 4 nitrogen and oxygen atoms in total. The van der Waals surface area contributed by atoms with Gasteiger partial charge in [-0.1, -0.05) is 30.3 Å². The van der Waals surface area contributed by atoms with Crippen molar-refractivity contribution in [1.82, 2.24) is 10.2 Å². The summed E-state index contributed by atoms with van der Waals surface area (Å²) in [5.74, 6) is 0. The average molecular weight is 219 g/mol. The van der Waals surface area contributed by atoms with Crippen LogP contribution in [0.15, 0.2) is 30.3 Å². The van der Waals surface area contributed by atoms with Crippen LogP contribution in [0.1, 0.15) is 5.56 Å². The van der Waals surface area contributed by atoms with E-state index < -0.39 is 0 Å². The maximum Gasteiger partial charge on any atom is 0.410 e. The van der Waals surface area contributed by atoms with Gasteiger partial charge in [-0.05, 0) is 5.56 Å².